The highest BCUT2D eigenvalue weighted by atomic mass is 16.6. The van der Waals surface area contributed by atoms with E-state index in [1.54, 1.807) is 23.1 Å². The molecule has 0 unspecified atom stereocenters. The molecule has 2 aromatic rings. The minimum Gasteiger partial charge on any atom is -0.436 e. The van der Waals surface area contributed by atoms with Crippen LogP contribution in [0, 0.1) is 19.3 Å². The van der Waals surface area contributed by atoms with Gasteiger partial charge in [0, 0.05) is 24.0 Å². The molecule has 0 radical (unpaired) electrons. The normalized spacial score (nSPS) is 9.81. The second-order valence-electron chi connectivity index (χ2n) is 5.74. The quantitative estimate of drug-likeness (QED) is 0.759. The maximum Gasteiger partial charge on any atom is 0.419 e. The van der Waals surface area contributed by atoms with Crippen LogP contribution in [0.4, 0.5) is 21.0 Å². The molecule has 0 spiro atoms. The monoisotopic (exact) mass is 366 g/mol. The van der Waals surface area contributed by atoms with Crippen LogP contribution in [0.15, 0.2) is 48.5 Å². The molecule has 27 heavy (non-hydrogen) atoms. The zero-order valence-electron chi connectivity index (χ0n) is 15.4. The first kappa shape index (κ1) is 19.9. The van der Waals surface area contributed by atoms with Crippen molar-refractivity contribution < 1.29 is 19.1 Å². The Bertz CT molecular complexity index is 842. The number of hydrogen-bond acceptors (Lipinski definition) is 4. The smallest absolute Gasteiger partial charge is 0.419 e. The molecule has 0 aromatic heterocycles. The lowest BCUT2D eigenvalue weighted by Crippen LogP contribution is -2.34. The maximum absolute atomic E-state index is 12.7. The topological polar surface area (TPSA) is 67.9 Å². The molecule has 1 N–H and O–H groups in total. The van der Waals surface area contributed by atoms with Crippen molar-refractivity contribution in [2.24, 2.45) is 0 Å². The molecule has 2 aromatic carbocycles. The third-order valence-corrected chi connectivity index (χ3v) is 3.65. The van der Waals surface area contributed by atoms with Crippen LogP contribution in [0.25, 0.3) is 0 Å². The van der Waals surface area contributed by atoms with Gasteiger partial charge in [-0.2, -0.15) is 0 Å². The van der Waals surface area contributed by atoms with E-state index in [2.05, 4.69) is 11.2 Å². The molecule has 0 saturated heterocycles. The third kappa shape index (κ3) is 5.79. The number of nitrogens with zero attached hydrogens (tertiary/aromatic N) is 1. The van der Waals surface area contributed by atoms with Crippen molar-refractivity contribution in [1.82, 2.24) is 0 Å². The number of terminal acetylenes is 1. The molecule has 6 heteroatoms. The first-order valence-electron chi connectivity index (χ1n) is 8.57. The van der Waals surface area contributed by atoms with Gasteiger partial charge in [0.2, 0.25) is 0 Å². The highest BCUT2D eigenvalue weighted by Gasteiger charge is 2.19. The van der Waals surface area contributed by atoms with E-state index in [0.29, 0.717) is 18.0 Å². The van der Waals surface area contributed by atoms with Crippen LogP contribution >= 0.6 is 0 Å². The molecule has 140 valence electrons. The number of nitrogens with one attached hydrogen (secondary N) is 1. The first-order chi connectivity index (χ1) is 13.0. The summed E-state index contributed by atoms with van der Waals surface area (Å²) in [6.45, 7) is 4.34. The summed E-state index contributed by atoms with van der Waals surface area (Å²) >= 11 is 0. The number of ether oxygens (including phenoxy) is 2. The highest BCUT2D eigenvalue weighted by molar-refractivity contribution is 5.90. The summed E-state index contributed by atoms with van der Waals surface area (Å²) in [5, 5.41) is 2.52. The predicted octanol–water partition coefficient (Wildman–Crippen LogP) is 4.59. The van der Waals surface area contributed by atoms with Gasteiger partial charge in [-0.1, -0.05) is 37.1 Å². The van der Waals surface area contributed by atoms with E-state index in [0.717, 1.165) is 17.7 Å². The maximum atomic E-state index is 12.7. The van der Waals surface area contributed by atoms with E-state index in [-0.39, 0.29) is 6.61 Å². The number of anilines is 2. The number of carbonyl (C=O) groups excluding carboxylic acids is 2. The Labute approximate surface area is 159 Å². The van der Waals surface area contributed by atoms with Crippen LogP contribution < -0.4 is 15.0 Å². The number of rotatable bonds is 6. The number of hydrogen-bond donors (Lipinski definition) is 1. The molecule has 2 amide bonds. The van der Waals surface area contributed by atoms with Crippen molar-refractivity contribution in [1.29, 1.82) is 0 Å². The van der Waals surface area contributed by atoms with Gasteiger partial charge in [0.25, 0.3) is 0 Å². The van der Waals surface area contributed by atoms with Gasteiger partial charge in [-0.05, 0) is 37.1 Å². The standard InChI is InChI=1S/C21H22N2O4/c1-4-13-23(19-12-7-6-9-16(19)3)21(25)27-18-11-8-10-17(15-18)22-20(24)26-14-5-2/h2,6-12,15H,4,13-14H2,1,3H3,(H,22,24). The lowest BCUT2D eigenvalue weighted by molar-refractivity contribution is 0.176. The largest absolute Gasteiger partial charge is 0.436 e. The molecule has 0 heterocycles. The lowest BCUT2D eigenvalue weighted by Gasteiger charge is -2.23. The summed E-state index contributed by atoms with van der Waals surface area (Å²) in [6.07, 6.45) is 4.66. The van der Waals surface area contributed by atoms with Crippen molar-refractivity contribution in [2.75, 3.05) is 23.4 Å². The average Bonchev–Trinajstić information content (AvgIpc) is 2.65. The fourth-order valence-corrected chi connectivity index (χ4v) is 2.45. The minimum absolute atomic E-state index is 0.122. The Kier molecular flexibility index (Phi) is 7.26. The molecule has 0 saturated carbocycles. The summed E-state index contributed by atoms with van der Waals surface area (Å²) in [5.74, 6) is 2.52. The predicted molar refractivity (Wildman–Crippen MR) is 105 cm³/mol. The minimum atomic E-state index is -0.677. The van der Waals surface area contributed by atoms with Gasteiger partial charge >= 0.3 is 12.2 Å². The second kappa shape index (κ2) is 9.88. The van der Waals surface area contributed by atoms with Crippen LogP contribution in [0.2, 0.25) is 0 Å². The number of aryl methyl sites for hydroxylation is 1. The van der Waals surface area contributed by atoms with Crippen LogP contribution in [0.5, 0.6) is 5.75 Å². The van der Waals surface area contributed by atoms with Crippen molar-refractivity contribution in [3.8, 4) is 18.1 Å². The Morgan fingerprint density at radius 3 is 2.67 bits per heavy atom. The zero-order valence-corrected chi connectivity index (χ0v) is 15.4. The number of benzene rings is 2. The van der Waals surface area contributed by atoms with Crippen molar-refractivity contribution in [3.63, 3.8) is 0 Å². The molecular weight excluding hydrogens is 344 g/mol. The van der Waals surface area contributed by atoms with E-state index in [4.69, 9.17) is 15.9 Å². The number of carbonyl (C=O) groups is 2. The Morgan fingerprint density at radius 2 is 1.96 bits per heavy atom. The van der Waals surface area contributed by atoms with Gasteiger partial charge in [-0.15, -0.1) is 6.42 Å². The third-order valence-electron chi connectivity index (χ3n) is 3.65. The molecule has 0 aliphatic carbocycles. The van der Waals surface area contributed by atoms with E-state index in [1.807, 2.05) is 38.1 Å². The lowest BCUT2D eigenvalue weighted by atomic mass is 10.2. The summed E-state index contributed by atoms with van der Waals surface area (Å²) in [4.78, 5) is 25.9. The molecule has 6 nitrogen and oxygen atoms in total. The van der Waals surface area contributed by atoms with Crippen LogP contribution in [-0.4, -0.2) is 25.3 Å². The van der Waals surface area contributed by atoms with Crippen LogP contribution in [0.3, 0.4) is 0 Å². The average molecular weight is 366 g/mol. The first-order valence-corrected chi connectivity index (χ1v) is 8.57. The zero-order chi connectivity index (χ0) is 19.6. The second-order valence-corrected chi connectivity index (χ2v) is 5.74. The highest BCUT2D eigenvalue weighted by Crippen LogP contribution is 2.23. The van der Waals surface area contributed by atoms with Crippen molar-refractivity contribution in [3.05, 3.63) is 54.1 Å². The van der Waals surface area contributed by atoms with Gasteiger partial charge in [-0.25, -0.2) is 9.59 Å². The van der Waals surface area contributed by atoms with Gasteiger partial charge in [0.05, 0.1) is 0 Å². The Morgan fingerprint density at radius 1 is 1.19 bits per heavy atom. The molecule has 0 aliphatic heterocycles. The molecule has 0 bridgehead atoms. The van der Waals surface area contributed by atoms with E-state index >= 15 is 0 Å². The summed E-state index contributed by atoms with van der Waals surface area (Å²) in [6, 6.07) is 14.1. The molecule has 0 atom stereocenters. The van der Waals surface area contributed by atoms with E-state index in [9.17, 15) is 9.59 Å². The molecule has 2 rings (SSSR count). The molecule has 0 aliphatic rings. The van der Waals surface area contributed by atoms with Crippen LogP contribution in [0.1, 0.15) is 18.9 Å². The SMILES string of the molecule is C#CCOC(=O)Nc1cccc(OC(=O)N(CCC)c2ccccc2C)c1. The van der Waals surface area contributed by atoms with Crippen molar-refractivity contribution >= 4 is 23.6 Å². The fourth-order valence-electron chi connectivity index (χ4n) is 2.45. The van der Waals surface area contributed by atoms with Gasteiger partial charge in [-0.3, -0.25) is 10.2 Å². The Balaban J connectivity index is 2.11. The summed E-state index contributed by atoms with van der Waals surface area (Å²) in [7, 11) is 0. The van der Waals surface area contributed by atoms with E-state index < -0.39 is 12.2 Å². The molecular formula is C21H22N2O4. The Hall–Kier alpha value is -3.46. The van der Waals surface area contributed by atoms with Gasteiger partial charge in [0.1, 0.15) is 5.75 Å². The number of para-hydroxylation sites is 1. The van der Waals surface area contributed by atoms with Crippen molar-refractivity contribution in [2.45, 2.75) is 20.3 Å². The summed E-state index contributed by atoms with van der Waals surface area (Å²) < 4.78 is 10.3. The number of amides is 2. The van der Waals surface area contributed by atoms with E-state index in [1.165, 1.54) is 6.07 Å². The van der Waals surface area contributed by atoms with Crippen LogP contribution in [-0.2, 0) is 4.74 Å². The fraction of sp³-hybridized carbons (Fsp3) is 0.238. The van der Waals surface area contributed by atoms with Gasteiger partial charge in [0.15, 0.2) is 6.61 Å². The summed E-state index contributed by atoms with van der Waals surface area (Å²) in [5.41, 5.74) is 2.21. The van der Waals surface area contributed by atoms with Gasteiger partial charge < -0.3 is 9.47 Å². The molecule has 0 fully saturated rings.